The van der Waals surface area contributed by atoms with Gasteiger partial charge in [-0.2, -0.15) is 36.1 Å². The third-order valence-corrected chi connectivity index (χ3v) is 4.85. The lowest BCUT2D eigenvalue weighted by Gasteiger charge is -2.18. The Morgan fingerprint density at radius 2 is 1.71 bits per heavy atom. The maximum Gasteiger partial charge on any atom is 0.418 e. The summed E-state index contributed by atoms with van der Waals surface area (Å²) in [5, 5.41) is 10.4. The summed E-state index contributed by atoms with van der Waals surface area (Å²) in [5.41, 5.74) is -4.08. The Bertz CT molecular complexity index is 1430. The number of aryl methyl sites for hydroxylation is 1. The van der Waals surface area contributed by atoms with E-state index in [4.69, 9.17) is 0 Å². The number of benzene rings is 1. The number of hydrogen-bond acceptors (Lipinski definition) is 7. The zero-order chi connectivity index (χ0) is 24.8. The van der Waals surface area contributed by atoms with Crippen LogP contribution in [0.2, 0.25) is 0 Å². The first-order valence-corrected chi connectivity index (χ1v) is 9.50. The highest BCUT2D eigenvalue weighted by Crippen LogP contribution is 2.40. The SMILES string of the molecule is C[C@H](Nc1ncnc2c(C(F)(F)F)cc(C(F)(F)F)cc12)c1ncnn1-c1ccc(=O)n(C)n1. The molecule has 1 aromatic carbocycles. The van der Waals surface area contributed by atoms with Gasteiger partial charge in [0.2, 0.25) is 0 Å². The van der Waals surface area contributed by atoms with Crippen molar-refractivity contribution in [3.8, 4) is 5.82 Å². The first kappa shape index (κ1) is 23.1. The molecule has 1 atom stereocenters. The molecule has 0 aliphatic heterocycles. The molecule has 178 valence electrons. The Balaban J connectivity index is 1.80. The van der Waals surface area contributed by atoms with Gasteiger partial charge < -0.3 is 5.32 Å². The van der Waals surface area contributed by atoms with Gasteiger partial charge in [-0.05, 0) is 25.1 Å². The minimum absolute atomic E-state index is 0.0184. The van der Waals surface area contributed by atoms with Gasteiger partial charge in [-0.15, -0.1) is 5.10 Å². The lowest BCUT2D eigenvalue weighted by atomic mass is 10.0. The van der Waals surface area contributed by atoms with Crippen molar-refractivity contribution in [2.24, 2.45) is 7.05 Å². The van der Waals surface area contributed by atoms with Gasteiger partial charge in [0.15, 0.2) is 11.6 Å². The third-order valence-electron chi connectivity index (χ3n) is 4.85. The summed E-state index contributed by atoms with van der Waals surface area (Å²) in [6, 6.07) is 2.41. The van der Waals surface area contributed by atoms with Crippen LogP contribution in [0.15, 0.2) is 41.7 Å². The molecule has 0 saturated heterocycles. The average Bonchev–Trinajstić information content (AvgIpc) is 3.24. The molecule has 4 rings (SSSR count). The van der Waals surface area contributed by atoms with Crippen molar-refractivity contribution in [3.63, 3.8) is 0 Å². The smallest absolute Gasteiger partial charge is 0.360 e. The van der Waals surface area contributed by atoms with Gasteiger partial charge in [0.05, 0.1) is 22.7 Å². The number of rotatable bonds is 4. The van der Waals surface area contributed by atoms with E-state index >= 15 is 0 Å². The molecule has 0 amide bonds. The molecule has 0 radical (unpaired) electrons. The third kappa shape index (κ3) is 4.27. The van der Waals surface area contributed by atoms with Gasteiger partial charge in [0.1, 0.15) is 18.5 Å². The molecular weight excluding hydrogens is 470 g/mol. The van der Waals surface area contributed by atoms with E-state index in [-0.39, 0.29) is 29.1 Å². The second kappa shape index (κ2) is 8.07. The highest BCUT2D eigenvalue weighted by molar-refractivity contribution is 5.92. The topological polar surface area (TPSA) is 103 Å². The van der Waals surface area contributed by atoms with Crippen LogP contribution in [0.3, 0.4) is 0 Å². The minimum Gasteiger partial charge on any atom is -0.360 e. The predicted octanol–water partition coefficient (Wildman–Crippen LogP) is 3.51. The number of aromatic nitrogens is 7. The zero-order valence-corrected chi connectivity index (χ0v) is 17.3. The number of nitrogens with one attached hydrogen (secondary N) is 1. The molecule has 0 aliphatic rings. The van der Waals surface area contributed by atoms with E-state index in [0.29, 0.717) is 6.07 Å². The molecule has 0 bridgehead atoms. The van der Waals surface area contributed by atoms with E-state index in [0.717, 1.165) is 11.0 Å². The molecule has 0 aliphatic carbocycles. The van der Waals surface area contributed by atoms with E-state index in [2.05, 4.69) is 30.5 Å². The Labute approximate surface area is 186 Å². The minimum atomic E-state index is -5.08. The molecule has 0 unspecified atom stereocenters. The van der Waals surface area contributed by atoms with Gasteiger partial charge in [0.25, 0.3) is 5.56 Å². The van der Waals surface area contributed by atoms with E-state index in [1.807, 2.05) is 0 Å². The normalized spacial score (nSPS) is 13.3. The van der Waals surface area contributed by atoms with Crippen LogP contribution in [-0.2, 0) is 19.4 Å². The summed E-state index contributed by atoms with van der Waals surface area (Å²) in [6.45, 7) is 1.55. The standard InChI is InChI=1S/C19H14F6N8O/c1-9(17-28-8-29-33(17)13-3-4-14(34)32(2)31-13)30-16-11-5-10(18(20,21)22)6-12(19(23,24)25)15(11)26-7-27-16/h3-9H,1-2H3,(H,26,27,30)/t9-/m0/s1. The number of hydrogen-bond donors (Lipinski definition) is 1. The van der Waals surface area contributed by atoms with Crippen LogP contribution < -0.4 is 10.9 Å². The number of fused-ring (bicyclic) bond motifs is 1. The largest absolute Gasteiger partial charge is 0.418 e. The Kier molecular flexibility index (Phi) is 5.49. The summed E-state index contributed by atoms with van der Waals surface area (Å²) in [7, 11) is 1.42. The first-order chi connectivity index (χ1) is 15.9. The maximum atomic E-state index is 13.5. The lowest BCUT2D eigenvalue weighted by Crippen LogP contribution is -2.22. The Morgan fingerprint density at radius 3 is 2.35 bits per heavy atom. The Morgan fingerprint density at radius 1 is 0.971 bits per heavy atom. The summed E-state index contributed by atoms with van der Waals surface area (Å²) in [6.07, 6.45) is -8.10. The van der Waals surface area contributed by atoms with Crippen LogP contribution in [0.4, 0.5) is 32.2 Å². The van der Waals surface area contributed by atoms with Crippen LogP contribution >= 0.6 is 0 Å². The van der Waals surface area contributed by atoms with Gasteiger partial charge in [-0.3, -0.25) is 4.79 Å². The van der Waals surface area contributed by atoms with Crippen molar-refractivity contribution in [3.05, 3.63) is 64.2 Å². The van der Waals surface area contributed by atoms with Crippen LogP contribution in [0, 0.1) is 0 Å². The van der Waals surface area contributed by atoms with E-state index in [1.54, 1.807) is 6.92 Å². The van der Waals surface area contributed by atoms with Crippen molar-refractivity contribution in [2.45, 2.75) is 25.3 Å². The van der Waals surface area contributed by atoms with Crippen molar-refractivity contribution >= 4 is 16.7 Å². The van der Waals surface area contributed by atoms with Gasteiger partial charge in [-0.1, -0.05) is 0 Å². The van der Waals surface area contributed by atoms with Crippen molar-refractivity contribution in [1.82, 2.24) is 34.5 Å². The van der Waals surface area contributed by atoms with E-state index in [9.17, 15) is 31.1 Å². The monoisotopic (exact) mass is 484 g/mol. The van der Waals surface area contributed by atoms with Gasteiger partial charge in [-0.25, -0.2) is 19.6 Å². The summed E-state index contributed by atoms with van der Waals surface area (Å²) >= 11 is 0. The molecule has 0 fully saturated rings. The Hall–Kier alpha value is -4.04. The molecule has 0 spiro atoms. The van der Waals surface area contributed by atoms with Crippen molar-refractivity contribution in [1.29, 1.82) is 0 Å². The predicted molar refractivity (Wildman–Crippen MR) is 106 cm³/mol. The zero-order valence-electron chi connectivity index (χ0n) is 17.3. The first-order valence-electron chi connectivity index (χ1n) is 9.50. The van der Waals surface area contributed by atoms with E-state index in [1.165, 1.54) is 30.2 Å². The fraction of sp³-hybridized carbons (Fsp3) is 0.263. The summed E-state index contributed by atoms with van der Waals surface area (Å²) in [5.74, 6) is 0.160. The fourth-order valence-electron chi connectivity index (χ4n) is 3.26. The lowest BCUT2D eigenvalue weighted by molar-refractivity contribution is -0.142. The molecule has 15 heteroatoms. The molecule has 0 saturated carbocycles. The fourth-order valence-corrected chi connectivity index (χ4v) is 3.26. The second-order valence-corrected chi connectivity index (χ2v) is 7.19. The number of nitrogens with zero attached hydrogens (tertiary/aromatic N) is 7. The molecule has 9 nitrogen and oxygen atoms in total. The van der Waals surface area contributed by atoms with Crippen molar-refractivity contribution < 1.29 is 26.3 Å². The van der Waals surface area contributed by atoms with Gasteiger partial charge >= 0.3 is 12.4 Å². The second-order valence-electron chi connectivity index (χ2n) is 7.19. The van der Waals surface area contributed by atoms with E-state index < -0.39 is 40.4 Å². The van der Waals surface area contributed by atoms with Crippen molar-refractivity contribution in [2.75, 3.05) is 5.32 Å². The molecule has 1 N–H and O–H groups in total. The summed E-state index contributed by atoms with van der Waals surface area (Å²) < 4.78 is 82.8. The van der Waals surface area contributed by atoms with Crippen LogP contribution in [-0.4, -0.2) is 34.5 Å². The quantitative estimate of drug-likeness (QED) is 0.442. The highest BCUT2D eigenvalue weighted by atomic mass is 19.4. The average molecular weight is 484 g/mol. The van der Waals surface area contributed by atoms with Gasteiger partial charge in [0, 0.05) is 18.5 Å². The molecule has 34 heavy (non-hydrogen) atoms. The molecule has 4 aromatic rings. The van der Waals surface area contributed by atoms with Crippen LogP contribution in [0.5, 0.6) is 0 Å². The molecule has 3 heterocycles. The van der Waals surface area contributed by atoms with Crippen LogP contribution in [0.25, 0.3) is 16.7 Å². The number of alkyl halides is 6. The number of halogens is 6. The maximum absolute atomic E-state index is 13.5. The molecule has 3 aromatic heterocycles. The highest BCUT2D eigenvalue weighted by Gasteiger charge is 2.39. The summed E-state index contributed by atoms with van der Waals surface area (Å²) in [4.78, 5) is 23.1. The van der Waals surface area contributed by atoms with Crippen LogP contribution in [0.1, 0.15) is 29.9 Å². The number of anilines is 1. The molecular formula is C19H14F6N8O.